The fourth-order valence-corrected chi connectivity index (χ4v) is 6.26. The first-order valence-corrected chi connectivity index (χ1v) is 12.5. The standard InChI is InChI=1S/C26H40N2O6/c1-6-9-10-13-27(12-7-2)23(31)21-26-17-18(4)25(5,34-26)20(24(32)33-16-8-3)19(26)22(30)28(21)14-11-15-29/h7-8,18-21,29H,2-3,6,9-17H2,1,4-5H3/t18?,19-,20-,21?,25+,26?/m0/s1. The zero-order chi connectivity index (χ0) is 25.1. The molecule has 0 aromatic carbocycles. The average Bonchev–Trinajstić information content (AvgIpc) is 3.32. The van der Waals surface area contributed by atoms with Crippen LogP contribution < -0.4 is 0 Å². The predicted molar refractivity (Wildman–Crippen MR) is 128 cm³/mol. The number of carbonyl (C=O) groups excluding carboxylic acids is 3. The van der Waals surface area contributed by atoms with E-state index in [1.807, 2.05) is 13.8 Å². The minimum absolute atomic E-state index is 0.0427. The molecule has 8 heteroatoms. The number of hydrogen-bond acceptors (Lipinski definition) is 6. The lowest BCUT2D eigenvalue weighted by molar-refractivity contribution is -0.161. The number of aliphatic hydroxyl groups is 1. The van der Waals surface area contributed by atoms with Gasteiger partial charge in [0.25, 0.3) is 0 Å². The Morgan fingerprint density at radius 3 is 2.65 bits per heavy atom. The number of unbranched alkanes of at least 4 members (excludes halogenated alkanes) is 2. The van der Waals surface area contributed by atoms with Crippen molar-refractivity contribution < 1.29 is 29.0 Å². The molecule has 190 valence electrons. The molecular weight excluding hydrogens is 436 g/mol. The van der Waals surface area contributed by atoms with Crippen LogP contribution in [0.2, 0.25) is 0 Å². The third-order valence-electron chi connectivity index (χ3n) is 7.90. The van der Waals surface area contributed by atoms with Crippen molar-refractivity contribution in [3.05, 3.63) is 25.3 Å². The summed E-state index contributed by atoms with van der Waals surface area (Å²) in [6.45, 7) is 14.5. The van der Waals surface area contributed by atoms with Gasteiger partial charge in [0.15, 0.2) is 0 Å². The van der Waals surface area contributed by atoms with Gasteiger partial charge in [-0.2, -0.15) is 0 Å². The van der Waals surface area contributed by atoms with Crippen LogP contribution in [0.25, 0.3) is 0 Å². The van der Waals surface area contributed by atoms with Gasteiger partial charge < -0.3 is 24.4 Å². The predicted octanol–water partition coefficient (Wildman–Crippen LogP) is 2.31. The van der Waals surface area contributed by atoms with Gasteiger partial charge in [-0.1, -0.05) is 45.4 Å². The van der Waals surface area contributed by atoms with E-state index < -0.39 is 35.0 Å². The third kappa shape index (κ3) is 4.19. The van der Waals surface area contributed by atoms with Crippen LogP contribution in [0, 0.1) is 17.8 Å². The van der Waals surface area contributed by atoms with Gasteiger partial charge in [0.05, 0.1) is 11.5 Å². The molecule has 3 heterocycles. The molecule has 0 aromatic heterocycles. The third-order valence-corrected chi connectivity index (χ3v) is 7.90. The Kier molecular flexibility index (Phi) is 8.24. The Labute approximate surface area is 202 Å². The van der Waals surface area contributed by atoms with E-state index >= 15 is 0 Å². The highest BCUT2D eigenvalue weighted by Gasteiger charge is 2.80. The molecule has 1 N–H and O–H groups in total. The van der Waals surface area contributed by atoms with Crippen LogP contribution in [-0.4, -0.2) is 82.8 Å². The van der Waals surface area contributed by atoms with Crippen molar-refractivity contribution >= 4 is 17.8 Å². The molecule has 1 spiro atoms. The van der Waals surface area contributed by atoms with E-state index in [1.165, 1.54) is 6.08 Å². The van der Waals surface area contributed by atoms with Crippen molar-refractivity contribution in [1.82, 2.24) is 9.80 Å². The number of amides is 2. The lowest BCUT2D eigenvalue weighted by atomic mass is 9.62. The minimum atomic E-state index is -1.10. The Balaban J connectivity index is 2.03. The Bertz CT molecular complexity index is 815. The van der Waals surface area contributed by atoms with Crippen LogP contribution in [0.1, 0.15) is 52.9 Å². The Morgan fingerprint density at radius 2 is 2.03 bits per heavy atom. The van der Waals surface area contributed by atoms with E-state index in [-0.39, 0.29) is 37.5 Å². The number of fused-ring (bicyclic) bond motifs is 1. The monoisotopic (exact) mass is 476 g/mol. The number of hydrogen-bond donors (Lipinski definition) is 1. The van der Waals surface area contributed by atoms with Crippen molar-refractivity contribution in [2.75, 3.05) is 32.8 Å². The molecule has 3 fully saturated rings. The summed E-state index contributed by atoms with van der Waals surface area (Å²) in [5, 5.41) is 9.47. The summed E-state index contributed by atoms with van der Waals surface area (Å²) in [5.41, 5.74) is -1.99. The van der Waals surface area contributed by atoms with Gasteiger partial charge in [-0.15, -0.1) is 6.58 Å². The molecule has 0 saturated carbocycles. The minimum Gasteiger partial charge on any atom is -0.461 e. The number of ether oxygens (including phenoxy) is 2. The van der Waals surface area contributed by atoms with E-state index in [1.54, 1.807) is 15.9 Å². The summed E-state index contributed by atoms with van der Waals surface area (Å²) in [7, 11) is 0. The second-order valence-electron chi connectivity index (χ2n) is 10.0. The number of nitrogens with zero attached hydrogens (tertiary/aromatic N) is 2. The highest BCUT2D eigenvalue weighted by atomic mass is 16.6. The van der Waals surface area contributed by atoms with Gasteiger partial charge >= 0.3 is 5.97 Å². The summed E-state index contributed by atoms with van der Waals surface area (Å²) in [6.07, 6.45) is 6.92. The maximum absolute atomic E-state index is 14.0. The second kappa shape index (κ2) is 10.6. The fourth-order valence-electron chi connectivity index (χ4n) is 6.26. The topological polar surface area (TPSA) is 96.4 Å². The largest absolute Gasteiger partial charge is 0.461 e. The number of rotatable bonds is 13. The van der Waals surface area contributed by atoms with Crippen LogP contribution in [0.4, 0.5) is 0 Å². The molecule has 34 heavy (non-hydrogen) atoms. The SMILES string of the molecule is C=CCOC(=O)[C@@H]1[C@H]2C(=O)N(CCCO)C(C(=O)N(CC=C)CCCCC)C23CC(C)[C@@]1(C)O3. The van der Waals surface area contributed by atoms with Crippen molar-refractivity contribution in [2.24, 2.45) is 17.8 Å². The van der Waals surface area contributed by atoms with Crippen LogP contribution in [-0.2, 0) is 23.9 Å². The summed E-state index contributed by atoms with van der Waals surface area (Å²) in [4.78, 5) is 44.3. The number of likely N-dealkylation sites (tertiary alicyclic amines) is 1. The van der Waals surface area contributed by atoms with Crippen molar-refractivity contribution in [3.63, 3.8) is 0 Å². The lowest BCUT2D eigenvalue weighted by Crippen LogP contribution is -2.56. The van der Waals surface area contributed by atoms with Crippen molar-refractivity contribution in [2.45, 2.75) is 70.1 Å². The van der Waals surface area contributed by atoms with Crippen molar-refractivity contribution in [1.29, 1.82) is 0 Å². The van der Waals surface area contributed by atoms with E-state index in [0.29, 0.717) is 25.9 Å². The molecule has 3 aliphatic rings. The summed E-state index contributed by atoms with van der Waals surface area (Å²) in [5.74, 6) is -2.57. The Morgan fingerprint density at radius 1 is 1.29 bits per heavy atom. The highest BCUT2D eigenvalue weighted by Crippen LogP contribution is 2.65. The molecular formula is C26H40N2O6. The molecule has 0 aromatic rings. The van der Waals surface area contributed by atoms with E-state index in [0.717, 1.165) is 19.3 Å². The van der Waals surface area contributed by atoms with E-state index in [9.17, 15) is 19.5 Å². The second-order valence-corrected chi connectivity index (χ2v) is 10.0. The molecule has 2 amide bonds. The molecule has 3 unspecified atom stereocenters. The van der Waals surface area contributed by atoms with Gasteiger partial charge in [-0.05, 0) is 32.1 Å². The molecule has 3 saturated heterocycles. The first-order chi connectivity index (χ1) is 16.2. The zero-order valence-corrected chi connectivity index (χ0v) is 20.8. The fraction of sp³-hybridized carbons (Fsp3) is 0.731. The number of aliphatic hydroxyl groups excluding tert-OH is 1. The van der Waals surface area contributed by atoms with Crippen LogP contribution in [0.3, 0.4) is 0 Å². The normalized spacial score (nSPS) is 33.6. The average molecular weight is 477 g/mol. The van der Waals surface area contributed by atoms with Crippen LogP contribution >= 0.6 is 0 Å². The first-order valence-electron chi connectivity index (χ1n) is 12.5. The maximum atomic E-state index is 14.0. The van der Waals surface area contributed by atoms with Crippen LogP contribution in [0.15, 0.2) is 25.3 Å². The summed E-state index contributed by atoms with van der Waals surface area (Å²) >= 11 is 0. The molecule has 3 rings (SSSR count). The molecule has 2 bridgehead atoms. The quantitative estimate of drug-likeness (QED) is 0.249. The molecule has 0 aliphatic carbocycles. The van der Waals surface area contributed by atoms with Gasteiger partial charge in [0.1, 0.15) is 24.2 Å². The number of esters is 1. The van der Waals surface area contributed by atoms with Gasteiger partial charge in [-0.3, -0.25) is 14.4 Å². The van der Waals surface area contributed by atoms with E-state index in [2.05, 4.69) is 20.1 Å². The van der Waals surface area contributed by atoms with Gasteiger partial charge in [-0.25, -0.2) is 0 Å². The van der Waals surface area contributed by atoms with E-state index in [4.69, 9.17) is 9.47 Å². The molecule has 6 atom stereocenters. The zero-order valence-electron chi connectivity index (χ0n) is 20.8. The Hall–Kier alpha value is -2.19. The van der Waals surface area contributed by atoms with Crippen molar-refractivity contribution in [3.8, 4) is 0 Å². The van der Waals surface area contributed by atoms with Gasteiger partial charge in [0, 0.05) is 26.2 Å². The smallest absolute Gasteiger partial charge is 0.313 e. The van der Waals surface area contributed by atoms with Crippen LogP contribution in [0.5, 0.6) is 0 Å². The molecule has 0 radical (unpaired) electrons. The van der Waals surface area contributed by atoms with Gasteiger partial charge in [0.2, 0.25) is 11.8 Å². The summed E-state index contributed by atoms with van der Waals surface area (Å²) < 4.78 is 12.0. The number of carbonyl (C=O) groups is 3. The lowest BCUT2D eigenvalue weighted by Gasteiger charge is -2.37. The highest BCUT2D eigenvalue weighted by molar-refractivity contribution is 5.98. The summed E-state index contributed by atoms with van der Waals surface area (Å²) in [6, 6.07) is -0.848. The maximum Gasteiger partial charge on any atom is 0.313 e. The molecule has 3 aliphatic heterocycles. The molecule has 8 nitrogen and oxygen atoms in total. The first kappa shape index (κ1) is 26.4.